The normalized spacial score (nSPS) is 21.9. The van der Waals surface area contributed by atoms with E-state index in [1.165, 1.54) is 12.1 Å². The molecule has 1 heterocycles. The van der Waals surface area contributed by atoms with E-state index in [2.05, 4.69) is 0 Å². The molecule has 1 aliphatic heterocycles. The zero-order valence-electron chi connectivity index (χ0n) is 9.66. The predicted octanol–water partition coefficient (Wildman–Crippen LogP) is 2.27. The molecule has 2 rings (SSSR count). The molecule has 1 saturated heterocycles. The fourth-order valence-electron chi connectivity index (χ4n) is 2.23. The van der Waals surface area contributed by atoms with E-state index >= 15 is 0 Å². The van der Waals surface area contributed by atoms with Gasteiger partial charge in [0.05, 0.1) is 22.5 Å². The molecule has 0 amide bonds. The summed E-state index contributed by atoms with van der Waals surface area (Å²) in [5, 5.41) is 9.57. The highest BCUT2D eigenvalue weighted by Crippen LogP contribution is 2.33. The first-order valence-electron chi connectivity index (χ1n) is 5.66. The van der Waals surface area contributed by atoms with E-state index in [0.717, 1.165) is 13.0 Å². The molecule has 2 unspecified atom stereocenters. The Morgan fingerprint density at radius 2 is 2.29 bits per heavy atom. The van der Waals surface area contributed by atoms with Gasteiger partial charge in [-0.1, -0.05) is 11.6 Å². The summed E-state index contributed by atoms with van der Waals surface area (Å²) in [5.41, 5.74) is 6.97. The third-order valence-corrected chi connectivity index (χ3v) is 3.61. The molecule has 94 valence electrons. The van der Waals surface area contributed by atoms with Crippen molar-refractivity contribution in [3.63, 3.8) is 0 Å². The Bertz CT molecular complexity index is 425. The van der Waals surface area contributed by atoms with Gasteiger partial charge in [0.2, 0.25) is 0 Å². The number of aliphatic hydroxyl groups is 1. The van der Waals surface area contributed by atoms with Gasteiger partial charge in [-0.3, -0.25) is 0 Å². The molecular formula is C12H16ClFN2O. The van der Waals surface area contributed by atoms with Crippen LogP contribution in [0.15, 0.2) is 12.1 Å². The van der Waals surface area contributed by atoms with Gasteiger partial charge in [0, 0.05) is 25.1 Å². The van der Waals surface area contributed by atoms with Crippen molar-refractivity contribution in [1.82, 2.24) is 0 Å². The first kappa shape index (κ1) is 12.5. The van der Waals surface area contributed by atoms with Crippen molar-refractivity contribution >= 4 is 23.0 Å². The molecule has 0 radical (unpaired) electrons. The van der Waals surface area contributed by atoms with Crippen molar-refractivity contribution in [2.24, 2.45) is 5.92 Å². The second-order valence-corrected chi connectivity index (χ2v) is 4.97. The van der Waals surface area contributed by atoms with Gasteiger partial charge < -0.3 is 15.7 Å². The van der Waals surface area contributed by atoms with E-state index in [1.807, 2.05) is 4.90 Å². The lowest BCUT2D eigenvalue weighted by Crippen LogP contribution is -2.24. The summed E-state index contributed by atoms with van der Waals surface area (Å²) in [4.78, 5) is 1.99. The number of nitrogen functional groups attached to an aromatic ring is 1. The minimum absolute atomic E-state index is 0.0394. The second-order valence-electron chi connectivity index (χ2n) is 4.56. The van der Waals surface area contributed by atoms with Gasteiger partial charge >= 0.3 is 0 Å². The topological polar surface area (TPSA) is 49.5 Å². The summed E-state index contributed by atoms with van der Waals surface area (Å²) < 4.78 is 13.4. The van der Waals surface area contributed by atoms with Gasteiger partial charge in [-0.25, -0.2) is 4.39 Å². The maximum atomic E-state index is 13.4. The van der Waals surface area contributed by atoms with Gasteiger partial charge in [-0.2, -0.15) is 0 Å². The zero-order valence-corrected chi connectivity index (χ0v) is 10.4. The monoisotopic (exact) mass is 258 g/mol. The lowest BCUT2D eigenvalue weighted by molar-refractivity contribution is 0.136. The van der Waals surface area contributed by atoms with Gasteiger partial charge in [0.25, 0.3) is 0 Å². The highest BCUT2D eigenvalue weighted by molar-refractivity contribution is 6.31. The fraction of sp³-hybridized carbons (Fsp3) is 0.500. The number of hydrogen-bond acceptors (Lipinski definition) is 3. The SMILES string of the molecule is CC(O)C1CCN(c2cc(F)c(Cl)cc2N)C1. The fourth-order valence-corrected chi connectivity index (χ4v) is 2.40. The lowest BCUT2D eigenvalue weighted by Gasteiger charge is -2.21. The molecule has 0 aliphatic carbocycles. The van der Waals surface area contributed by atoms with E-state index in [0.29, 0.717) is 17.9 Å². The number of rotatable bonds is 2. The number of halogens is 2. The van der Waals surface area contributed by atoms with E-state index < -0.39 is 5.82 Å². The Morgan fingerprint density at radius 1 is 1.59 bits per heavy atom. The average molecular weight is 259 g/mol. The van der Waals surface area contributed by atoms with E-state index in [4.69, 9.17) is 17.3 Å². The Kier molecular flexibility index (Phi) is 3.45. The molecule has 1 fully saturated rings. The van der Waals surface area contributed by atoms with Crippen molar-refractivity contribution in [3.05, 3.63) is 23.0 Å². The van der Waals surface area contributed by atoms with Crippen LogP contribution in [0.5, 0.6) is 0 Å². The molecule has 1 aromatic carbocycles. The third kappa shape index (κ3) is 2.48. The first-order chi connectivity index (χ1) is 7.99. The third-order valence-electron chi connectivity index (χ3n) is 3.32. The maximum Gasteiger partial charge on any atom is 0.144 e. The van der Waals surface area contributed by atoms with Crippen LogP contribution in [0.25, 0.3) is 0 Å². The zero-order chi connectivity index (χ0) is 12.6. The molecule has 2 atom stereocenters. The van der Waals surface area contributed by atoms with Gasteiger partial charge in [0.1, 0.15) is 5.82 Å². The van der Waals surface area contributed by atoms with E-state index in [9.17, 15) is 9.50 Å². The molecule has 0 spiro atoms. The summed E-state index contributed by atoms with van der Waals surface area (Å²) >= 11 is 5.66. The van der Waals surface area contributed by atoms with Crippen molar-refractivity contribution in [2.45, 2.75) is 19.4 Å². The molecule has 5 heteroatoms. The lowest BCUT2D eigenvalue weighted by atomic mass is 10.0. The number of benzene rings is 1. The van der Waals surface area contributed by atoms with Gasteiger partial charge in [-0.05, 0) is 19.4 Å². The molecule has 1 aromatic rings. The van der Waals surface area contributed by atoms with Crippen LogP contribution in [-0.4, -0.2) is 24.3 Å². The van der Waals surface area contributed by atoms with Gasteiger partial charge in [-0.15, -0.1) is 0 Å². The largest absolute Gasteiger partial charge is 0.397 e. The molecule has 17 heavy (non-hydrogen) atoms. The molecular weight excluding hydrogens is 243 g/mol. The van der Waals surface area contributed by atoms with Crippen LogP contribution < -0.4 is 10.6 Å². The molecule has 0 aromatic heterocycles. The number of hydrogen-bond donors (Lipinski definition) is 2. The number of nitrogens with two attached hydrogens (primary N) is 1. The summed E-state index contributed by atoms with van der Waals surface area (Å²) in [6.45, 7) is 3.25. The molecule has 0 bridgehead atoms. The van der Waals surface area contributed by atoms with Crippen LogP contribution in [0.3, 0.4) is 0 Å². The van der Waals surface area contributed by atoms with E-state index in [1.54, 1.807) is 6.92 Å². The summed E-state index contributed by atoms with van der Waals surface area (Å²) in [5.74, 6) is -0.246. The quantitative estimate of drug-likeness (QED) is 0.800. The highest BCUT2D eigenvalue weighted by Gasteiger charge is 2.27. The second kappa shape index (κ2) is 4.70. The minimum Gasteiger partial charge on any atom is -0.397 e. The Labute approximate surface area is 105 Å². The summed E-state index contributed by atoms with van der Waals surface area (Å²) in [6, 6.07) is 2.80. The van der Waals surface area contributed by atoms with Crippen LogP contribution in [0.4, 0.5) is 15.8 Å². The minimum atomic E-state index is -0.462. The summed E-state index contributed by atoms with van der Waals surface area (Å²) in [7, 11) is 0. The predicted molar refractivity (Wildman–Crippen MR) is 67.8 cm³/mol. The molecule has 0 saturated carbocycles. The van der Waals surface area contributed by atoms with Crippen LogP contribution >= 0.6 is 11.6 Å². The van der Waals surface area contributed by atoms with Crippen molar-refractivity contribution in [2.75, 3.05) is 23.7 Å². The van der Waals surface area contributed by atoms with Crippen LogP contribution in [0.2, 0.25) is 5.02 Å². The molecule has 1 aliphatic rings. The Morgan fingerprint density at radius 3 is 2.88 bits per heavy atom. The van der Waals surface area contributed by atoms with Crippen molar-refractivity contribution in [1.29, 1.82) is 0 Å². The van der Waals surface area contributed by atoms with Gasteiger partial charge in [0.15, 0.2) is 0 Å². The Hall–Kier alpha value is -1.00. The maximum absolute atomic E-state index is 13.4. The Balaban J connectivity index is 2.22. The molecule has 3 N–H and O–H groups in total. The smallest absolute Gasteiger partial charge is 0.144 e. The standard InChI is InChI=1S/C12H16ClFN2O/c1-7(17)8-2-3-16(6-8)12-5-10(14)9(13)4-11(12)15/h4-5,7-8,17H,2-3,6,15H2,1H3. The number of nitrogens with zero attached hydrogens (tertiary/aromatic N) is 1. The first-order valence-corrected chi connectivity index (χ1v) is 6.04. The van der Waals surface area contributed by atoms with Crippen molar-refractivity contribution in [3.8, 4) is 0 Å². The van der Waals surface area contributed by atoms with E-state index in [-0.39, 0.29) is 17.0 Å². The van der Waals surface area contributed by atoms with Crippen LogP contribution in [-0.2, 0) is 0 Å². The highest BCUT2D eigenvalue weighted by atomic mass is 35.5. The number of anilines is 2. The average Bonchev–Trinajstić information content (AvgIpc) is 2.72. The van der Waals surface area contributed by atoms with Crippen LogP contribution in [0.1, 0.15) is 13.3 Å². The van der Waals surface area contributed by atoms with Crippen LogP contribution in [0, 0.1) is 11.7 Å². The van der Waals surface area contributed by atoms with Crippen molar-refractivity contribution < 1.29 is 9.50 Å². The molecule has 3 nitrogen and oxygen atoms in total. The summed E-state index contributed by atoms with van der Waals surface area (Å²) in [6.07, 6.45) is 0.542. The number of aliphatic hydroxyl groups excluding tert-OH is 1.